The van der Waals surface area contributed by atoms with Crippen molar-refractivity contribution >= 4 is 12.4 Å². The molecule has 1 aliphatic heterocycles. The van der Waals surface area contributed by atoms with Crippen LogP contribution in [0.1, 0.15) is 44.2 Å². The largest absolute Gasteiger partial charge is 0.497 e. The van der Waals surface area contributed by atoms with E-state index in [1.54, 1.807) is 13.2 Å². The van der Waals surface area contributed by atoms with Crippen LogP contribution in [0.15, 0.2) is 18.2 Å². The molecule has 1 fully saturated rings. The average Bonchev–Trinajstić information content (AvgIpc) is 2.53. The summed E-state index contributed by atoms with van der Waals surface area (Å²) in [5.41, 5.74) is 0.785. The zero-order chi connectivity index (χ0) is 15.1. The highest BCUT2D eigenvalue weighted by Gasteiger charge is 2.24. The van der Waals surface area contributed by atoms with Crippen molar-refractivity contribution in [2.75, 3.05) is 33.3 Å². The summed E-state index contributed by atoms with van der Waals surface area (Å²) in [7, 11) is 1.63. The highest BCUT2D eigenvalue weighted by Crippen LogP contribution is 2.31. The Kier molecular flexibility index (Phi) is 8.76. The third-order valence-electron chi connectivity index (χ3n) is 4.24. The lowest BCUT2D eigenvalue weighted by atomic mass is 9.97. The van der Waals surface area contributed by atoms with Crippen molar-refractivity contribution in [2.24, 2.45) is 0 Å². The van der Waals surface area contributed by atoms with E-state index in [4.69, 9.17) is 4.74 Å². The van der Waals surface area contributed by atoms with E-state index in [1.807, 2.05) is 6.07 Å². The topological polar surface area (TPSA) is 24.5 Å². The fourth-order valence-corrected chi connectivity index (χ4v) is 3.02. The minimum Gasteiger partial charge on any atom is -0.497 e. The van der Waals surface area contributed by atoms with E-state index in [0.29, 0.717) is 0 Å². The van der Waals surface area contributed by atoms with Gasteiger partial charge in [-0.15, -0.1) is 12.4 Å². The molecule has 1 aromatic rings. The number of ether oxygens (including phenoxy) is 1. The number of nitrogens with one attached hydrogen (secondary N) is 1. The molecule has 3 nitrogen and oxygen atoms in total. The number of methoxy groups -OCH3 is 1. The molecule has 2 rings (SSSR count). The summed E-state index contributed by atoms with van der Waals surface area (Å²) < 4.78 is 19.6. The van der Waals surface area contributed by atoms with Crippen molar-refractivity contribution < 1.29 is 9.13 Å². The highest BCUT2D eigenvalue weighted by molar-refractivity contribution is 5.85. The molecular formula is C17H28ClFN2O. The third kappa shape index (κ3) is 5.11. The molecule has 0 aliphatic carbocycles. The van der Waals surface area contributed by atoms with E-state index in [9.17, 15) is 4.39 Å². The van der Waals surface area contributed by atoms with Gasteiger partial charge in [-0.1, -0.05) is 26.2 Å². The molecular weight excluding hydrogens is 303 g/mol. The summed E-state index contributed by atoms with van der Waals surface area (Å²) >= 11 is 0. The van der Waals surface area contributed by atoms with E-state index in [1.165, 1.54) is 18.9 Å². The van der Waals surface area contributed by atoms with Crippen molar-refractivity contribution in [3.8, 4) is 5.75 Å². The van der Waals surface area contributed by atoms with Gasteiger partial charge >= 0.3 is 0 Å². The maximum Gasteiger partial charge on any atom is 0.128 e. The van der Waals surface area contributed by atoms with Gasteiger partial charge in [0.2, 0.25) is 0 Å². The molecule has 1 aliphatic rings. The Labute approximate surface area is 139 Å². The number of unbranched alkanes of at least 4 members (excludes halogenated alkanes) is 2. The number of hydrogen-bond donors (Lipinski definition) is 1. The normalized spacial score (nSPS) is 16.9. The number of nitrogens with zero attached hydrogens (tertiary/aromatic N) is 1. The standard InChI is InChI=1S/C17H27FN2O.ClH/c1-3-4-5-6-17(20-11-9-19-10-12-20)15-13-14(21-2)7-8-16(15)18;/h7-8,13,17,19H,3-6,9-12H2,1-2H3;1H/t17-;/m1./s1. The Morgan fingerprint density at radius 2 is 2.00 bits per heavy atom. The second-order valence-electron chi connectivity index (χ2n) is 5.68. The number of rotatable bonds is 7. The van der Waals surface area contributed by atoms with Crippen molar-refractivity contribution in [2.45, 2.75) is 38.6 Å². The van der Waals surface area contributed by atoms with Gasteiger partial charge in [-0.05, 0) is 24.6 Å². The van der Waals surface area contributed by atoms with Crippen LogP contribution in [0.25, 0.3) is 0 Å². The first-order valence-electron chi connectivity index (χ1n) is 8.04. The summed E-state index contributed by atoms with van der Waals surface area (Å²) in [4.78, 5) is 2.41. The summed E-state index contributed by atoms with van der Waals surface area (Å²) in [6.07, 6.45) is 4.54. The number of benzene rings is 1. The molecule has 5 heteroatoms. The summed E-state index contributed by atoms with van der Waals surface area (Å²) in [6, 6.07) is 5.25. The molecule has 0 amide bonds. The van der Waals surface area contributed by atoms with E-state index in [-0.39, 0.29) is 24.3 Å². The van der Waals surface area contributed by atoms with Gasteiger partial charge in [-0.25, -0.2) is 4.39 Å². The minimum absolute atomic E-state index is 0. The lowest BCUT2D eigenvalue weighted by molar-refractivity contribution is 0.159. The molecule has 1 atom stereocenters. The smallest absolute Gasteiger partial charge is 0.128 e. The Morgan fingerprint density at radius 1 is 1.27 bits per heavy atom. The van der Waals surface area contributed by atoms with E-state index in [0.717, 1.165) is 50.3 Å². The van der Waals surface area contributed by atoms with Gasteiger partial charge < -0.3 is 10.1 Å². The monoisotopic (exact) mass is 330 g/mol. The average molecular weight is 331 g/mol. The van der Waals surface area contributed by atoms with E-state index < -0.39 is 0 Å². The summed E-state index contributed by atoms with van der Waals surface area (Å²) in [5.74, 6) is 0.623. The Balaban J connectivity index is 0.00000242. The maximum absolute atomic E-state index is 14.3. The van der Waals surface area contributed by atoms with E-state index in [2.05, 4.69) is 17.1 Å². The molecule has 0 bridgehead atoms. The summed E-state index contributed by atoms with van der Waals surface area (Å²) in [5, 5.41) is 3.37. The zero-order valence-corrected chi connectivity index (χ0v) is 14.4. The molecule has 126 valence electrons. The maximum atomic E-state index is 14.3. The fourth-order valence-electron chi connectivity index (χ4n) is 3.02. The minimum atomic E-state index is -0.115. The van der Waals surface area contributed by atoms with Crippen LogP contribution in [-0.2, 0) is 0 Å². The van der Waals surface area contributed by atoms with Gasteiger partial charge in [0.1, 0.15) is 11.6 Å². The molecule has 0 radical (unpaired) electrons. The SMILES string of the molecule is CCCCC[C@H](c1cc(OC)ccc1F)N1CCNCC1.Cl. The Hall–Kier alpha value is -0.840. The van der Waals surface area contributed by atoms with Crippen molar-refractivity contribution in [1.82, 2.24) is 10.2 Å². The quantitative estimate of drug-likeness (QED) is 0.770. The van der Waals surface area contributed by atoms with Crippen molar-refractivity contribution in [3.05, 3.63) is 29.6 Å². The first-order valence-corrected chi connectivity index (χ1v) is 8.04. The van der Waals surface area contributed by atoms with Crippen LogP contribution in [0, 0.1) is 5.82 Å². The summed E-state index contributed by atoms with van der Waals surface area (Å²) in [6.45, 7) is 6.12. The van der Waals surface area contributed by atoms with Gasteiger partial charge in [0.05, 0.1) is 7.11 Å². The van der Waals surface area contributed by atoms with E-state index >= 15 is 0 Å². The number of piperazine rings is 1. The first-order chi connectivity index (χ1) is 10.3. The lowest BCUT2D eigenvalue weighted by Gasteiger charge is -2.35. The van der Waals surface area contributed by atoms with Crippen LogP contribution in [-0.4, -0.2) is 38.2 Å². The number of hydrogen-bond acceptors (Lipinski definition) is 3. The molecule has 0 unspecified atom stereocenters. The zero-order valence-electron chi connectivity index (χ0n) is 13.6. The van der Waals surface area contributed by atoms with Crippen LogP contribution >= 0.6 is 12.4 Å². The fraction of sp³-hybridized carbons (Fsp3) is 0.647. The Bertz CT molecular complexity index is 439. The molecule has 1 heterocycles. The van der Waals surface area contributed by atoms with Gasteiger partial charge in [0.25, 0.3) is 0 Å². The van der Waals surface area contributed by atoms with Crippen LogP contribution < -0.4 is 10.1 Å². The molecule has 1 aromatic carbocycles. The second-order valence-corrected chi connectivity index (χ2v) is 5.68. The Morgan fingerprint density at radius 3 is 2.64 bits per heavy atom. The van der Waals surface area contributed by atoms with Gasteiger partial charge in [0.15, 0.2) is 0 Å². The van der Waals surface area contributed by atoms with Crippen molar-refractivity contribution in [3.63, 3.8) is 0 Å². The van der Waals surface area contributed by atoms with Gasteiger partial charge in [-0.3, -0.25) is 4.90 Å². The van der Waals surface area contributed by atoms with Gasteiger partial charge in [-0.2, -0.15) is 0 Å². The third-order valence-corrected chi connectivity index (χ3v) is 4.24. The van der Waals surface area contributed by atoms with Crippen LogP contribution in [0.5, 0.6) is 5.75 Å². The van der Waals surface area contributed by atoms with Crippen LogP contribution in [0.4, 0.5) is 4.39 Å². The first kappa shape index (κ1) is 19.2. The molecule has 0 aromatic heterocycles. The highest BCUT2D eigenvalue weighted by atomic mass is 35.5. The lowest BCUT2D eigenvalue weighted by Crippen LogP contribution is -2.45. The molecule has 22 heavy (non-hydrogen) atoms. The second kappa shape index (κ2) is 10.0. The molecule has 1 saturated heterocycles. The van der Waals surface area contributed by atoms with Gasteiger partial charge in [0, 0.05) is 37.8 Å². The van der Waals surface area contributed by atoms with Crippen molar-refractivity contribution in [1.29, 1.82) is 0 Å². The molecule has 0 saturated carbocycles. The molecule has 1 N–H and O–H groups in total. The van der Waals surface area contributed by atoms with Crippen LogP contribution in [0.3, 0.4) is 0 Å². The predicted molar refractivity (Wildman–Crippen MR) is 91.5 cm³/mol. The van der Waals surface area contributed by atoms with Crippen LogP contribution in [0.2, 0.25) is 0 Å². The molecule has 0 spiro atoms. The predicted octanol–water partition coefficient (Wildman–Crippen LogP) is 3.78. The number of halogens is 2.